The zero-order valence-corrected chi connectivity index (χ0v) is 44.6. The lowest BCUT2D eigenvalue weighted by molar-refractivity contribution is -0.379. The van der Waals surface area contributed by atoms with Crippen molar-refractivity contribution in [2.75, 3.05) is 26.4 Å². The normalized spacial score (nSPS) is 31.7. The Hall–Kier alpha value is -1.21. The van der Waals surface area contributed by atoms with Crippen LogP contribution in [0.5, 0.6) is 0 Å². The first-order valence-electron chi connectivity index (χ1n) is 28.8. The fourth-order valence-electron chi connectivity index (χ4n) is 10.1. The molecule has 17 unspecified atom stereocenters. The first-order valence-corrected chi connectivity index (χ1v) is 28.8. The third-order valence-corrected chi connectivity index (χ3v) is 14.9. The van der Waals surface area contributed by atoms with E-state index in [1.807, 2.05) is 6.92 Å². The molecule has 3 rings (SSSR count). The number of aliphatic hydroxyl groups excluding tert-OH is 11. The minimum atomic E-state index is -1.97. The van der Waals surface area contributed by atoms with Crippen molar-refractivity contribution < 1.29 is 89.4 Å². The van der Waals surface area contributed by atoms with Crippen LogP contribution < -0.4 is 5.32 Å². The quantitative estimate of drug-likeness (QED) is 0.0384. The van der Waals surface area contributed by atoms with Crippen molar-refractivity contribution in [2.24, 2.45) is 0 Å². The van der Waals surface area contributed by atoms with Crippen molar-refractivity contribution in [3.8, 4) is 0 Å². The zero-order valence-electron chi connectivity index (χ0n) is 44.6. The third-order valence-electron chi connectivity index (χ3n) is 14.9. The van der Waals surface area contributed by atoms with Crippen LogP contribution in [0.15, 0.2) is 0 Å². The minimum Gasteiger partial charge on any atom is -0.394 e. The molecule has 0 bridgehead atoms. The second-order valence-corrected chi connectivity index (χ2v) is 21.1. The van der Waals surface area contributed by atoms with Gasteiger partial charge in [-0.05, 0) is 12.8 Å². The van der Waals surface area contributed by atoms with Gasteiger partial charge in [-0.2, -0.15) is 0 Å². The van der Waals surface area contributed by atoms with Crippen molar-refractivity contribution in [3.05, 3.63) is 0 Å². The predicted octanol–water partition coefficient (Wildman–Crippen LogP) is 4.04. The highest BCUT2D eigenvalue weighted by atomic mass is 16.8. The van der Waals surface area contributed by atoms with Crippen LogP contribution in [0.4, 0.5) is 0 Å². The summed E-state index contributed by atoms with van der Waals surface area (Å²) in [6.45, 7) is 1.54. The van der Waals surface area contributed by atoms with Crippen LogP contribution in [0.25, 0.3) is 0 Å². The number of rotatable bonds is 42. The van der Waals surface area contributed by atoms with Crippen LogP contribution in [0.1, 0.15) is 206 Å². The molecule has 3 saturated heterocycles. The summed E-state index contributed by atoms with van der Waals surface area (Å²) in [6, 6.07) is -0.876. The van der Waals surface area contributed by atoms with E-state index in [9.17, 15) is 61.0 Å². The maximum Gasteiger partial charge on any atom is 0.220 e. The van der Waals surface area contributed by atoms with E-state index in [0.717, 1.165) is 32.1 Å². The zero-order chi connectivity index (χ0) is 53.4. The molecule has 0 saturated carbocycles. The van der Waals surface area contributed by atoms with E-state index < -0.39 is 124 Å². The van der Waals surface area contributed by atoms with Crippen LogP contribution in [-0.2, 0) is 33.2 Å². The number of aliphatic hydroxyl groups is 11. The van der Waals surface area contributed by atoms with E-state index in [2.05, 4.69) is 12.2 Å². The molecule has 0 aromatic rings. The van der Waals surface area contributed by atoms with E-state index in [1.54, 1.807) is 0 Å². The van der Waals surface area contributed by atoms with Crippen molar-refractivity contribution >= 4 is 5.91 Å². The topological polar surface area (TPSA) is 307 Å². The Morgan fingerprint density at radius 1 is 0.438 bits per heavy atom. The molecule has 0 aromatic carbocycles. The molecule has 3 aliphatic heterocycles. The van der Waals surface area contributed by atoms with Gasteiger partial charge in [-0.15, -0.1) is 0 Å². The highest BCUT2D eigenvalue weighted by Gasteiger charge is 2.53. The van der Waals surface area contributed by atoms with Gasteiger partial charge in [0.2, 0.25) is 5.91 Å². The Balaban J connectivity index is 1.33. The van der Waals surface area contributed by atoms with Crippen molar-refractivity contribution in [2.45, 2.75) is 311 Å². The van der Waals surface area contributed by atoms with E-state index in [4.69, 9.17) is 28.4 Å². The van der Waals surface area contributed by atoms with Crippen LogP contribution in [0, 0.1) is 0 Å². The molecule has 0 aromatic heterocycles. The van der Waals surface area contributed by atoms with E-state index >= 15 is 0 Å². The summed E-state index contributed by atoms with van der Waals surface area (Å²) < 4.78 is 34.0. The van der Waals surface area contributed by atoms with Gasteiger partial charge in [-0.3, -0.25) is 4.79 Å². The smallest absolute Gasteiger partial charge is 0.220 e. The molecule has 19 nitrogen and oxygen atoms in total. The summed E-state index contributed by atoms with van der Waals surface area (Å²) >= 11 is 0. The number of amides is 1. The van der Waals surface area contributed by atoms with Gasteiger partial charge < -0.3 is 89.9 Å². The molecule has 3 heterocycles. The van der Waals surface area contributed by atoms with Gasteiger partial charge >= 0.3 is 0 Å². The monoisotopic (exact) mass is 1050 g/mol. The maximum atomic E-state index is 12.8. The number of ether oxygens (including phenoxy) is 6. The predicted molar refractivity (Wildman–Crippen MR) is 273 cm³/mol. The molecule has 19 heteroatoms. The van der Waals surface area contributed by atoms with Gasteiger partial charge in [0.05, 0.1) is 38.6 Å². The van der Waals surface area contributed by atoms with Gasteiger partial charge in [0.15, 0.2) is 18.9 Å². The first-order chi connectivity index (χ1) is 35.3. The van der Waals surface area contributed by atoms with Gasteiger partial charge in [0.1, 0.15) is 73.2 Å². The van der Waals surface area contributed by atoms with Gasteiger partial charge in [0.25, 0.3) is 0 Å². The van der Waals surface area contributed by atoms with Gasteiger partial charge in [-0.1, -0.05) is 187 Å². The first kappa shape index (κ1) is 66.1. The molecule has 0 radical (unpaired) electrons. The molecule has 17 atom stereocenters. The number of unbranched alkanes of at least 4 members (excludes halogenated alkanes) is 26. The van der Waals surface area contributed by atoms with E-state index in [-0.39, 0.29) is 18.9 Å². The Kier molecular flexibility index (Phi) is 35.5. The molecule has 0 aliphatic carbocycles. The molecule has 0 spiro atoms. The molecule has 3 aliphatic rings. The standard InChI is InChI=1S/C54H103NO18/c1-3-5-7-8-9-10-11-12-13-14-15-16-17-18-19-20-21-22-23-24-25-26-27-28-29-30-31-38(59)37(55-42(60)32-6-4-2)36-68-52-48(66)45(63)50(40(34-57)70-52)73-54-49(67)46(64)51(41(35-58)71-54)72-53-47(65)44(62)43(61)39(33-56)69-53/h37-41,43-54,56-59,61-67H,3-36H2,1-2H3,(H,55,60). The molecule has 73 heavy (non-hydrogen) atoms. The van der Waals surface area contributed by atoms with Crippen LogP contribution in [0.3, 0.4) is 0 Å². The Morgan fingerprint density at radius 2 is 0.781 bits per heavy atom. The van der Waals surface area contributed by atoms with E-state index in [1.165, 1.54) is 141 Å². The largest absolute Gasteiger partial charge is 0.394 e. The highest BCUT2D eigenvalue weighted by Crippen LogP contribution is 2.33. The molecule has 3 fully saturated rings. The number of carbonyl (C=O) groups is 1. The van der Waals surface area contributed by atoms with Crippen molar-refractivity contribution in [1.29, 1.82) is 0 Å². The van der Waals surface area contributed by atoms with Crippen LogP contribution in [-0.4, -0.2) is 193 Å². The number of nitrogens with one attached hydrogen (secondary N) is 1. The van der Waals surface area contributed by atoms with Gasteiger partial charge in [-0.25, -0.2) is 0 Å². The molecular formula is C54H103NO18. The fraction of sp³-hybridized carbons (Fsp3) is 0.981. The summed E-state index contributed by atoms with van der Waals surface area (Å²) in [5.41, 5.74) is 0. The Labute approximate surface area is 436 Å². The fourth-order valence-corrected chi connectivity index (χ4v) is 10.1. The maximum absolute atomic E-state index is 12.8. The molecular weight excluding hydrogens is 951 g/mol. The molecule has 432 valence electrons. The highest BCUT2D eigenvalue weighted by molar-refractivity contribution is 5.76. The molecule has 12 N–H and O–H groups in total. The average Bonchev–Trinajstić information content (AvgIpc) is 3.39. The van der Waals surface area contributed by atoms with E-state index in [0.29, 0.717) is 12.8 Å². The molecule has 1 amide bonds. The second-order valence-electron chi connectivity index (χ2n) is 21.1. The third kappa shape index (κ3) is 24.1. The number of carbonyl (C=O) groups excluding carboxylic acids is 1. The van der Waals surface area contributed by atoms with Crippen molar-refractivity contribution in [3.63, 3.8) is 0 Å². The summed E-state index contributed by atoms with van der Waals surface area (Å²) in [6.07, 6.45) is 9.45. The lowest BCUT2D eigenvalue weighted by Gasteiger charge is -2.48. The SMILES string of the molecule is CCCCCCCCCCCCCCCCCCCCCCCCCCCCC(O)C(COC1OC(CO)C(OC2OC(CO)C(OC3OC(CO)C(O)C(O)C3O)C(O)C2O)C(O)C1O)NC(=O)CCCC. The summed E-state index contributed by atoms with van der Waals surface area (Å²) in [4.78, 5) is 12.8. The Morgan fingerprint density at radius 3 is 1.18 bits per heavy atom. The average molecular weight is 1050 g/mol. The summed E-state index contributed by atoms with van der Waals surface area (Å²) in [5.74, 6) is -0.276. The number of hydrogen-bond donors (Lipinski definition) is 12. The van der Waals surface area contributed by atoms with Crippen LogP contribution in [0.2, 0.25) is 0 Å². The summed E-state index contributed by atoms with van der Waals surface area (Å²) in [5, 5.41) is 119. The lowest BCUT2D eigenvalue weighted by Crippen LogP contribution is -2.66. The number of hydrogen-bond acceptors (Lipinski definition) is 18. The second kappa shape index (κ2) is 39.2. The lowest BCUT2D eigenvalue weighted by atomic mass is 9.96. The van der Waals surface area contributed by atoms with Crippen LogP contribution >= 0.6 is 0 Å². The minimum absolute atomic E-state index is 0.244. The van der Waals surface area contributed by atoms with Gasteiger partial charge in [0, 0.05) is 6.42 Å². The summed E-state index contributed by atoms with van der Waals surface area (Å²) in [7, 11) is 0. The Bertz CT molecular complexity index is 1350. The van der Waals surface area contributed by atoms with Crippen molar-refractivity contribution in [1.82, 2.24) is 5.32 Å².